The molecule has 0 saturated heterocycles. The van der Waals surface area contributed by atoms with Crippen molar-refractivity contribution in [3.63, 3.8) is 0 Å². The van der Waals surface area contributed by atoms with E-state index in [1.54, 1.807) is 31.2 Å². The fraction of sp³-hybridized carbons (Fsp3) is 0.333. The van der Waals surface area contributed by atoms with Crippen LogP contribution in [0.1, 0.15) is 55.7 Å². The summed E-state index contributed by atoms with van der Waals surface area (Å²) in [6, 6.07) is 13.8. The fourth-order valence-corrected chi connectivity index (χ4v) is 5.28. The lowest BCUT2D eigenvalue weighted by Gasteiger charge is -2.28. The summed E-state index contributed by atoms with van der Waals surface area (Å²) >= 11 is 0. The van der Waals surface area contributed by atoms with Crippen molar-refractivity contribution in [2.45, 2.75) is 58.0 Å². The number of halogens is 1. The maximum Gasteiger partial charge on any atom is 0.303 e. The number of aliphatic carboxylic acids is 1. The number of hydrogen-bond acceptors (Lipinski definition) is 3. The lowest BCUT2D eigenvalue weighted by molar-refractivity contribution is -0.137. The van der Waals surface area contributed by atoms with Crippen LogP contribution >= 0.6 is 0 Å². The number of carboxylic acid groups (broad SMARTS) is 1. The maximum atomic E-state index is 13.0. The van der Waals surface area contributed by atoms with Gasteiger partial charge in [-0.1, -0.05) is 55.1 Å². The molecule has 3 N–H and O–H groups in total. The minimum absolute atomic E-state index is 0.000838. The summed E-state index contributed by atoms with van der Waals surface area (Å²) in [6.07, 6.45) is 8.85. The van der Waals surface area contributed by atoms with E-state index < -0.39 is 17.0 Å². The van der Waals surface area contributed by atoms with Gasteiger partial charge in [-0.3, -0.25) is 9.59 Å². The molecule has 0 aliphatic heterocycles. The number of carbonyl (C=O) groups is 2. The minimum atomic E-state index is -1.37. The van der Waals surface area contributed by atoms with Gasteiger partial charge < -0.3 is 10.4 Å². The zero-order chi connectivity index (χ0) is 27.5. The highest BCUT2D eigenvalue weighted by Crippen LogP contribution is 2.25. The van der Waals surface area contributed by atoms with Crippen molar-refractivity contribution >= 4 is 28.4 Å². The topological polar surface area (TPSA) is 95.5 Å². The standard InChI is InChI=1S/C30H35FN2O4S/c1-3-24(26-6-4-5-22(19-26)10-18-29(34)35)11-7-21(2)38(37)33-28-16-12-25(13-17-28)30(36)32-20-23-8-14-27(31)15-9-23/h3-9,11,14-15,19,25,28,33H,1,10,12-13,16-18,20H2,2H3,(H,32,36)(H,34,35)/b21-7+,24-11+. The quantitative estimate of drug-likeness (QED) is 0.314. The molecule has 0 spiro atoms. The number of hydrogen-bond donors (Lipinski definition) is 3. The highest BCUT2D eigenvalue weighted by molar-refractivity contribution is 7.87. The molecule has 8 heteroatoms. The van der Waals surface area contributed by atoms with Gasteiger partial charge in [0.15, 0.2) is 0 Å². The monoisotopic (exact) mass is 538 g/mol. The Morgan fingerprint density at radius 3 is 2.45 bits per heavy atom. The van der Waals surface area contributed by atoms with Crippen LogP contribution in [0.25, 0.3) is 5.57 Å². The molecule has 1 fully saturated rings. The van der Waals surface area contributed by atoms with Crippen LogP contribution < -0.4 is 10.0 Å². The van der Waals surface area contributed by atoms with Crippen LogP contribution in [0.3, 0.4) is 0 Å². The van der Waals surface area contributed by atoms with Gasteiger partial charge in [0.2, 0.25) is 5.91 Å². The Hall–Kier alpha value is -3.36. The maximum absolute atomic E-state index is 13.0. The van der Waals surface area contributed by atoms with E-state index in [1.165, 1.54) is 12.1 Å². The Kier molecular flexibility index (Phi) is 11.2. The number of nitrogens with one attached hydrogen (secondary N) is 2. The van der Waals surface area contributed by atoms with Gasteiger partial charge in [-0.2, -0.15) is 0 Å². The van der Waals surface area contributed by atoms with Crippen molar-refractivity contribution in [1.29, 1.82) is 0 Å². The summed E-state index contributed by atoms with van der Waals surface area (Å²) in [5.41, 5.74) is 3.56. The number of carboxylic acids is 1. The van der Waals surface area contributed by atoms with E-state index in [2.05, 4.69) is 16.6 Å². The molecule has 1 aliphatic carbocycles. The Balaban J connectivity index is 1.49. The predicted octanol–water partition coefficient (Wildman–Crippen LogP) is 5.44. The number of rotatable bonds is 12. The molecule has 1 unspecified atom stereocenters. The first-order valence-electron chi connectivity index (χ1n) is 12.8. The Labute approximate surface area is 226 Å². The molecule has 0 radical (unpaired) electrons. The van der Waals surface area contributed by atoms with Crippen molar-refractivity contribution < 1.29 is 23.3 Å². The Bertz CT molecular complexity index is 1220. The van der Waals surface area contributed by atoms with Gasteiger partial charge in [0, 0.05) is 29.8 Å². The van der Waals surface area contributed by atoms with Gasteiger partial charge in [0.05, 0.1) is 0 Å². The van der Waals surface area contributed by atoms with Crippen LogP contribution in [0, 0.1) is 11.7 Å². The average molecular weight is 539 g/mol. The van der Waals surface area contributed by atoms with Crippen LogP contribution in [0.5, 0.6) is 0 Å². The molecule has 6 nitrogen and oxygen atoms in total. The lowest BCUT2D eigenvalue weighted by atomic mass is 9.86. The molecule has 2 aromatic carbocycles. The van der Waals surface area contributed by atoms with Crippen molar-refractivity contribution in [3.05, 3.63) is 101 Å². The van der Waals surface area contributed by atoms with Gasteiger partial charge >= 0.3 is 5.97 Å². The predicted molar refractivity (Wildman–Crippen MR) is 150 cm³/mol. The number of amides is 1. The third-order valence-corrected chi connectivity index (χ3v) is 7.92. The Morgan fingerprint density at radius 2 is 1.79 bits per heavy atom. The first kappa shape index (κ1) is 29.2. The molecule has 0 heterocycles. The second-order valence-electron chi connectivity index (χ2n) is 9.48. The zero-order valence-electron chi connectivity index (χ0n) is 21.6. The molecule has 202 valence electrons. The Morgan fingerprint density at radius 1 is 1.08 bits per heavy atom. The fourth-order valence-electron chi connectivity index (χ4n) is 4.36. The highest BCUT2D eigenvalue weighted by atomic mass is 32.2. The van der Waals surface area contributed by atoms with E-state index in [-0.39, 0.29) is 30.1 Å². The summed E-state index contributed by atoms with van der Waals surface area (Å²) in [6.45, 7) is 6.06. The van der Waals surface area contributed by atoms with Crippen LogP contribution in [0.2, 0.25) is 0 Å². The average Bonchev–Trinajstić information content (AvgIpc) is 2.92. The summed E-state index contributed by atoms with van der Waals surface area (Å²) in [7, 11) is -1.37. The normalized spacial score (nSPS) is 19.0. The molecule has 2 aromatic rings. The molecule has 1 amide bonds. The first-order valence-corrected chi connectivity index (χ1v) is 13.9. The van der Waals surface area contributed by atoms with Gasteiger partial charge in [-0.15, -0.1) is 0 Å². The second kappa shape index (κ2) is 14.5. The molecule has 0 bridgehead atoms. The summed E-state index contributed by atoms with van der Waals surface area (Å²) in [5, 5.41) is 11.9. The number of carbonyl (C=O) groups excluding carboxylic acids is 1. The number of aryl methyl sites for hydroxylation is 1. The zero-order valence-corrected chi connectivity index (χ0v) is 22.4. The molecule has 1 atom stereocenters. The van der Waals surface area contributed by atoms with Crippen LogP contribution in [-0.2, 0) is 33.5 Å². The van der Waals surface area contributed by atoms with Gasteiger partial charge in [0.1, 0.15) is 16.8 Å². The third kappa shape index (κ3) is 9.19. The SMILES string of the molecule is C=C/C(=C\C=C(/C)S(=O)NC1CCC(C(=O)NCc2ccc(F)cc2)CC1)c1cccc(CCC(=O)O)c1. The van der Waals surface area contributed by atoms with E-state index >= 15 is 0 Å². The van der Waals surface area contributed by atoms with Crippen LogP contribution in [0.15, 0.2) is 78.2 Å². The molecule has 1 saturated carbocycles. The number of allylic oxidation sites excluding steroid dienone is 5. The molecular formula is C30H35FN2O4S. The minimum Gasteiger partial charge on any atom is -0.481 e. The van der Waals surface area contributed by atoms with Gasteiger partial charge in [0.25, 0.3) is 0 Å². The molecular weight excluding hydrogens is 503 g/mol. The molecule has 3 rings (SSSR count). The summed E-state index contributed by atoms with van der Waals surface area (Å²) < 4.78 is 29.1. The van der Waals surface area contributed by atoms with E-state index in [4.69, 9.17) is 5.11 Å². The van der Waals surface area contributed by atoms with Crippen molar-refractivity contribution in [2.24, 2.45) is 5.92 Å². The third-order valence-electron chi connectivity index (χ3n) is 6.65. The molecule has 0 aromatic heterocycles. The first-order chi connectivity index (χ1) is 18.2. The van der Waals surface area contributed by atoms with Gasteiger partial charge in [-0.05, 0) is 79.5 Å². The summed E-state index contributed by atoms with van der Waals surface area (Å²) in [4.78, 5) is 24.1. The second-order valence-corrected chi connectivity index (χ2v) is 10.9. The van der Waals surface area contributed by atoms with E-state index in [9.17, 15) is 18.2 Å². The largest absolute Gasteiger partial charge is 0.481 e. The summed E-state index contributed by atoms with van der Waals surface area (Å²) in [5.74, 6) is -1.21. The van der Waals surface area contributed by atoms with Crippen LogP contribution in [0.4, 0.5) is 4.39 Å². The van der Waals surface area contributed by atoms with Crippen molar-refractivity contribution in [3.8, 4) is 0 Å². The van der Waals surface area contributed by atoms with Crippen LogP contribution in [-0.4, -0.2) is 27.2 Å². The molecule has 38 heavy (non-hydrogen) atoms. The van der Waals surface area contributed by atoms with Gasteiger partial charge in [-0.25, -0.2) is 13.3 Å². The molecule has 1 aliphatic rings. The van der Waals surface area contributed by atoms with Crippen molar-refractivity contribution in [2.75, 3.05) is 0 Å². The lowest BCUT2D eigenvalue weighted by Crippen LogP contribution is -2.39. The number of benzene rings is 2. The van der Waals surface area contributed by atoms with E-state index in [0.29, 0.717) is 30.7 Å². The van der Waals surface area contributed by atoms with E-state index in [1.807, 2.05) is 30.3 Å². The van der Waals surface area contributed by atoms with E-state index in [0.717, 1.165) is 35.1 Å². The smallest absolute Gasteiger partial charge is 0.303 e. The van der Waals surface area contributed by atoms with Crippen molar-refractivity contribution in [1.82, 2.24) is 10.0 Å². The highest BCUT2D eigenvalue weighted by Gasteiger charge is 2.27.